The fourth-order valence-corrected chi connectivity index (χ4v) is 1.97. The van der Waals surface area contributed by atoms with Crippen LogP contribution in [0.5, 0.6) is 5.75 Å². The third-order valence-corrected chi connectivity index (χ3v) is 3.27. The van der Waals surface area contributed by atoms with Crippen molar-refractivity contribution >= 4 is 15.9 Å². The highest BCUT2D eigenvalue weighted by Gasteiger charge is 2.30. The van der Waals surface area contributed by atoms with Crippen LogP contribution in [-0.4, -0.2) is 21.9 Å². The Bertz CT molecular complexity index is 363. The van der Waals surface area contributed by atoms with Crippen molar-refractivity contribution in [2.75, 3.05) is 6.61 Å². The fraction of sp³-hybridized carbons (Fsp3) is 0.500. The van der Waals surface area contributed by atoms with Crippen molar-refractivity contribution in [3.63, 3.8) is 0 Å². The maximum absolute atomic E-state index is 10.2. The number of phenols is 1. The minimum Gasteiger partial charge on any atom is -0.508 e. The number of rotatable bonds is 4. The smallest absolute Gasteiger partial charge is 0.121 e. The van der Waals surface area contributed by atoms with Gasteiger partial charge in [0.15, 0.2) is 0 Å². The lowest BCUT2D eigenvalue weighted by Gasteiger charge is -2.30. The minimum absolute atomic E-state index is 0.0127. The van der Waals surface area contributed by atoms with E-state index < -0.39 is 11.5 Å². The molecule has 0 amide bonds. The van der Waals surface area contributed by atoms with Crippen molar-refractivity contribution in [2.45, 2.75) is 26.4 Å². The van der Waals surface area contributed by atoms with Gasteiger partial charge in [0.05, 0.1) is 6.10 Å². The molecule has 1 aromatic rings. The summed E-state index contributed by atoms with van der Waals surface area (Å²) in [6.07, 6.45) is -0.336. The third-order valence-electron chi connectivity index (χ3n) is 2.78. The first-order valence-corrected chi connectivity index (χ1v) is 5.95. The van der Waals surface area contributed by atoms with E-state index in [-0.39, 0.29) is 12.4 Å². The van der Waals surface area contributed by atoms with Crippen molar-refractivity contribution in [3.8, 4) is 5.75 Å². The number of hydrogen-bond acceptors (Lipinski definition) is 3. The van der Waals surface area contributed by atoms with E-state index in [1.54, 1.807) is 12.1 Å². The molecule has 3 N–H and O–H groups in total. The Morgan fingerprint density at radius 3 is 2.56 bits per heavy atom. The Morgan fingerprint density at radius 2 is 2.00 bits per heavy atom. The Hall–Kier alpha value is -0.580. The zero-order valence-corrected chi connectivity index (χ0v) is 11.0. The molecule has 0 heterocycles. The summed E-state index contributed by atoms with van der Waals surface area (Å²) in [5.74, 6) is 0.0710. The van der Waals surface area contributed by atoms with Gasteiger partial charge in [-0.05, 0) is 30.0 Å². The molecule has 16 heavy (non-hydrogen) atoms. The van der Waals surface area contributed by atoms with Crippen LogP contribution in [0, 0.1) is 5.41 Å². The van der Waals surface area contributed by atoms with Crippen molar-refractivity contribution in [2.24, 2.45) is 5.41 Å². The van der Waals surface area contributed by atoms with E-state index in [0.717, 1.165) is 4.47 Å². The second-order valence-corrected chi connectivity index (χ2v) is 5.48. The van der Waals surface area contributed by atoms with Gasteiger partial charge in [-0.15, -0.1) is 0 Å². The Labute approximate surface area is 104 Å². The maximum Gasteiger partial charge on any atom is 0.121 e. The SMILES string of the molecule is CC(C)(CCO)[C@@H](O)c1cc(Br)ccc1O. The molecule has 0 aromatic heterocycles. The number of hydrogen-bond donors (Lipinski definition) is 3. The Kier molecular flexibility index (Phi) is 4.35. The molecule has 0 unspecified atom stereocenters. The van der Waals surface area contributed by atoms with Crippen LogP contribution in [0.1, 0.15) is 31.9 Å². The number of benzene rings is 1. The number of aromatic hydroxyl groups is 1. The third kappa shape index (κ3) is 2.97. The molecule has 0 bridgehead atoms. The maximum atomic E-state index is 10.2. The van der Waals surface area contributed by atoms with E-state index in [4.69, 9.17) is 5.11 Å². The molecular formula is C12H17BrO3. The molecule has 3 nitrogen and oxygen atoms in total. The van der Waals surface area contributed by atoms with Gasteiger partial charge in [0, 0.05) is 16.6 Å². The predicted octanol–water partition coefficient (Wildman–Crippen LogP) is 2.60. The van der Waals surface area contributed by atoms with E-state index in [9.17, 15) is 10.2 Å². The molecule has 0 spiro atoms. The lowest BCUT2D eigenvalue weighted by atomic mass is 9.80. The van der Waals surface area contributed by atoms with Crippen molar-refractivity contribution in [3.05, 3.63) is 28.2 Å². The molecule has 0 saturated heterocycles. The van der Waals surface area contributed by atoms with Crippen LogP contribution in [0.4, 0.5) is 0 Å². The van der Waals surface area contributed by atoms with Crippen molar-refractivity contribution in [1.82, 2.24) is 0 Å². The first-order chi connectivity index (χ1) is 7.38. The fourth-order valence-electron chi connectivity index (χ4n) is 1.59. The van der Waals surface area contributed by atoms with Crippen LogP contribution in [0.15, 0.2) is 22.7 Å². The molecule has 1 rings (SSSR count). The summed E-state index contributed by atoms with van der Waals surface area (Å²) in [5.41, 5.74) is 0.000324. The summed E-state index contributed by atoms with van der Waals surface area (Å²) in [4.78, 5) is 0. The number of phenolic OH excluding ortho intramolecular Hbond substituents is 1. The second kappa shape index (κ2) is 5.17. The molecule has 1 atom stereocenters. The highest BCUT2D eigenvalue weighted by molar-refractivity contribution is 9.10. The first-order valence-electron chi connectivity index (χ1n) is 5.16. The highest BCUT2D eigenvalue weighted by Crippen LogP contribution is 2.40. The summed E-state index contributed by atoms with van der Waals surface area (Å²) in [6, 6.07) is 4.95. The lowest BCUT2D eigenvalue weighted by Crippen LogP contribution is -2.23. The second-order valence-electron chi connectivity index (χ2n) is 4.57. The van der Waals surface area contributed by atoms with Crippen LogP contribution in [0.2, 0.25) is 0 Å². The highest BCUT2D eigenvalue weighted by atomic mass is 79.9. The largest absolute Gasteiger partial charge is 0.508 e. The molecule has 1 aromatic carbocycles. The van der Waals surface area contributed by atoms with Crippen LogP contribution < -0.4 is 0 Å². The first kappa shape index (κ1) is 13.5. The predicted molar refractivity (Wildman–Crippen MR) is 66.3 cm³/mol. The summed E-state index contributed by atoms with van der Waals surface area (Å²) < 4.78 is 0.805. The monoisotopic (exact) mass is 288 g/mol. The van der Waals surface area contributed by atoms with E-state index in [0.29, 0.717) is 12.0 Å². The van der Waals surface area contributed by atoms with Crippen LogP contribution in [0.25, 0.3) is 0 Å². The van der Waals surface area contributed by atoms with Crippen LogP contribution >= 0.6 is 15.9 Å². The molecule has 0 saturated carbocycles. The number of aliphatic hydroxyl groups excluding tert-OH is 2. The van der Waals surface area contributed by atoms with E-state index >= 15 is 0 Å². The minimum atomic E-state index is -0.808. The molecule has 4 heteroatoms. The summed E-state index contributed by atoms with van der Waals surface area (Å²) in [5, 5.41) is 28.8. The molecule has 0 radical (unpaired) electrons. The van der Waals surface area contributed by atoms with Gasteiger partial charge in [-0.2, -0.15) is 0 Å². The molecular weight excluding hydrogens is 272 g/mol. The molecule has 0 aliphatic rings. The van der Waals surface area contributed by atoms with E-state index in [2.05, 4.69) is 15.9 Å². The zero-order chi connectivity index (χ0) is 12.3. The molecule has 0 aliphatic heterocycles. The lowest BCUT2D eigenvalue weighted by molar-refractivity contribution is 0.0288. The molecule has 90 valence electrons. The van der Waals surface area contributed by atoms with Gasteiger partial charge in [-0.1, -0.05) is 29.8 Å². The summed E-state index contributed by atoms with van der Waals surface area (Å²) in [7, 11) is 0. The quantitative estimate of drug-likeness (QED) is 0.798. The Morgan fingerprint density at radius 1 is 1.38 bits per heavy atom. The van der Waals surface area contributed by atoms with E-state index in [1.807, 2.05) is 13.8 Å². The van der Waals surface area contributed by atoms with Gasteiger partial charge >= 0.3 is 0 Å². The average molecular weight is 289 g/mol. The van der Waals surface area contributed by atoms with Gasteiger partial charge in [0.25, 0.3) is 0 Å². The number of halogens is 1. The van der Waals surface area contributed by atoms with E-state index in [1.165, 1.54) is 6.07 Å². The van der Waals surface area contributed by atoms with Gasteiger partial charge in [0.2, 0.25) is 0 Å². The van der Waals surface area contributed by atoms with Gasteiger partial charge in [0.1, 0.15) is 5.75 Å². The number of aliphatic hydroxyl groups is 2. The van der Waals surface area contributed by atoms with Gasteiger partial charge < -0.3 is 15.3 Å². The summed E-state index contributed by atoms with van der Waals surface area (Å²) >= 11 is 3.30. The van der Waals surface area contributed by atoms with Gasteiger partial charge in [-0.25, -0.2) is 0 Å². The van der Waals surface area contributed by atoms with Crippen LogP contribution in [0.3, 0.4) is 0 Å². The van der Waals surface area contributed by atoms with Gasteiger partial charge in [-0.3, -0.25) is 0 Å². The Balaban J connectivity index is 3.03. The average Bonchev–Trinajstić information content (AvgIpc) is 2.20. The zero-order valence-electron chi connectivity index (χ0n) is 9.44. The molecule has 0 aliphatic carbocycles. The van der Waals surface area contributed by atoms with Crippen LogP contribution in [-0.2, 0) is 0 Å². The summed E-state index contributed by atoms with van der Waals surface area (Å²) in [6.45, 7) is 3.72. The normalized spacial score (nSPS) is 13.8. The standard InChI is InChI=1S/C12H17BrO3/c1-12(2,5-6-14)11(16)9-7-8(13)3-4-10(9)15/h3-4,7,11,14-16H,5-6H2,1-2H3/t11-/m0/s1. The van der Waals surface area contributed by atoms with Crippen molar-refractivity contribution < 1.29 is 15.3 Å². The van der Waals surface area contributed by atoms with Crippen molar-refractivity contribution in [1.29, 1.82) is 0 Å². The topological polar surface area (TPSA) is 60.7 Å². The molecule has 0 fully saturated rings.